The van der Waals surface area contributed by atoms with E-state index < -0.39 is 6.04 Å². The summed E-state index contributed by atoms with van der Waals surface area (Å²) in [4.78, 5) is 30.6. The highest BCUT2D eigenvalue weighted by Gasteiger charge is 2.54. The van der Waals surface area contributed by atoms with Crippen molar-refractivity contribution in [2.45, 2.75) is 102 Å². The highest BCUT2D eigenvalue weighted by molar-refractivity contribution is 5.88. The lowest BCUT2D eigenvalue weighted by molar-refractivity contribution is -0.153. The SMILES string of the molecule is COC(=O)[C@H](CCCCCCCc1ccc2c(n1)NCCC2)NC(=O)C12CC3CC(CC(C3)C1)C2. The summed E-state index contributed by atoms with van der Waals surface area (Å²) in [7, 11) is 1.43. The molecule has 192 valence electrons. The lowest BCUT2D eigenvalue weighted by Gasteiger charge is -2.55. The number of aromatic nitrogens is 1. The molecule has 6 nitrogen and oxygen atoms in total. The maximum Gasteiger partial charge on any atom is 0.328 e. The van der Waals surface area contributed by atoms with Gasteiger partial charge in [-0.3, -0.25) is 4.79 Å². The van der Waals surface area contributed by atoms with Crippen LogP contribution in [0.2, 0.25) is 0 Å². The lowest BCUT2D eigenvalue weighted by atomic mass is 9.49. The van der Waals surface area contributed by atoms with Crippen molar-refractivity contribution in [2.75, 3.05) is 19.0 Å². The Kier molecular flexibility index (Phi) is 7.64. The molecule has 2 N–H and O–H groups in total. The highest BCUT2D eigenvalue weighted by Crippen LogP contribution is 2.60. The van der Waals surface area contributed by atoms with Crippen LogP contribution in [0.15, 0.2) is 12.1 Å². The van der Waals surface area contributed by atoms with E-state index in [0.29, 0.717) is 6.42 Å². The molecule has 1 amide bonds. The predicted octanol–water partition coefficient (Wildman–Crippen LogP) is 5.20. The van der Waals surface area contributed by atoms with Gasteiger partial charge in [-0.2, -0.15) is 0 Å². The summed E-state index contributed by atoms with van der Waals surface area (Å²) in [5.74, 6) is 3.07. The zero-order valence-corrected chi connectivity index (χ0v) is 21.4. The minimum Gasteiger partial charge on any atom is -0.467 e. The molecule has 4 saturated carbocycles. The minimum atomic E-state index is -0.507. The molecular formula is C29H43N3O3. The maximum atomic E-state index is 13.4. The molecule has 0 aromatic carbocycles. The third-order valence-corrected chi connectivity index (χ3v) is 9.19. The monoisotopic (exact) mass is 481 g/mol. The largest absolute Gasteiger partial charge is 0.467 e. The van der Waals surface area contributed by atoms with Crippen LogP contribution in [-0.4, -0.2) is 36.6 Å². The molecule has 4 fully saturated rings. The summed E-state index contributed by atoms with van der Waals surface area (Å²) in [6, 6.07) is 3.90. The number of carbonyl (C=O) groups is 2. The first kappa shape index (κ1) is 24.6. The summed E-state index contributed by atoms with van der Waals surface area (Å²) in [6.07, 6.45) is 16.4. The molecule has 1 aromatic rings. The van der Waals surface area contributed by atoms with Gasteiger partial charge in [0.1, 0.15) is 11.9 Å². The fourth-order valence-electron chi connectivity index (χ4n) is 7.78. The molecule has 6 rings (SSSR count). The molecule has 0 unspecified atom stereocenters. The van der Waals surface area contributed by atoms with Crippen molar-refractivity contribution in [3.63, 3.8) is 0 Å². The van der Waals surface area contributed by atoms with E-state index in [0.717, 1.165) is 94.3 Å². The summed E-state index contributed by atoms with van der Waals surface area (Å²) in [5.41, 5.74) is 2.30. The second kappa shape index (κ2) is 10.9. The van der Waals surface area contributed by atoms with E-state index in [4.69, 9.17) is 9.72 Å². The number of nitrogens with zero attached hydrogens (tertiary/aromatic N) is 1. The number of unbranched alkanes of at least 4 members (excludes halogenated alkanes) is 4. The minimum absolute atomic E-state index is 0.124. The highest BCUT2D eigenvalue weighted by atomic mass is 16.5. The number of rotatable bonds is 11. The van der Waals surface area contributed by atoms with Crippen molar-refractivity contribution in [2.24, 2.45) is 23.2 Å². The second-order valence-electron chi connectivity index (χ2n) is 11.9. The van der Waals surface area contributed by atoms with Crippen LogP contribution in [0, 0.1) is 23.2 Å². The normalized spacial score (nSPS) is 29.2. The van der Waals surface area contributed by atoms with Crippen LogP contribution < -0.4 is 10.6 Å². The van der Waals surface area contributed by atoms with Gasteiger partial charge in [0.2, 0.25) is 5.91 Å². The topological polar surface area (TPSA) is 80.3 Å². The van der Waals surface area contributed by atoms with Gasteiger partial charge in [-0.15, -0.1) is 0 Å². The van der Waals surface area contributed by atoms with Crippen LogP contribution in [0.5, 0.6) is 0 Å². The van der Waals surface area contributed by atoms with Gasteiger partial charge >= 0.3 is 5.97 Å². The molecule has 5 aliphatic rings. The summed E-state index contributed by atoms with van der Waals surface area (Å²) >= 11 is 0. The van der Waals surface area contributed by atoms with Gasteiger partial charge in [-0.25, -0.2) is 9.78 Å². The molecule has 2 heterocycles. The predicted molar refractivity (Wildman–Crippen MR) is 137 cm³/mol. The Morgan fingerprint density at radius 3 is 2.46 bits per heavy atom. The number of anilines is 1. The number of fused-ring (bicyclic) bond motifs is 1. The van der Waals surface area contributed by atoms with Gasteiger partial charge in [0.05, 0.1) is 7.11 Å². The van der Waals surface area contributed by atoms with Crippen molar-refractivity contribution in [3.8, 4) is 0 Å². The van der Waals surface area contributed by atoms with E-state index in [1.54, 1.807) is 0 Å². The molecule has 0 radical (unpaired) electrons. The van der Waals surface area contributed by atoms with Crippen LogP contribution in [-0.2, 0) is 27.2 Å². The van der Waals surface area contributed by atoms with Gasteiger partial charge in [-0.05, 0) is 100 Å². The van der Waals surface area contributed by atoms with Crippen molar-refractivity contribution < 1.29 is 14.3 Å². The smallest absolute Gasteiger partial charge is 0.328 e. The number of methoxy groups -OCH3 is 1. The number of nitrogens with one attached hydrogen (secondary N) is 2. The Hall–Kier alpha value is -2.11. The van der Waals surface area contributed by atoms with Crippen molar-refractivity contribution in [3.05, 3.63) is 23.4 Å². The van der Waals surface area contributed by atoms with Crippen molar-refractivity contribution in [1.82, 2.24) is 10.3 Å². The number of aryl methyl sites for hydroxylation is 2. The van der Waals surface area contributed by atoms with Gasteiger partial charge in [0.15, 0.2) is 0 Å². The fraction of sp³-hybridized carbons (Fsp3) is 0.759. The Bertz CT molecular complexity index is 879. The van der Waals surface area contributed by atoms with E-state index in [1.165, 1.54) is 44.1 Å². The number of carbonyl (C=O) groups excluding carboxylic acids is 2. The molecular weight excluding hydrogens is 438 g/mol. The number of pyridine rings is 1. The summed E-state index contributed by atoms with van der Waals surface area (Å²) < 4.78 is 5.05. The summed E-state index contributed by atoms with van der Waals surface area (Å²) in [6.45, 7) is 1.03. The van der Waals surface area contributed by atoms with E-state index in [-0.39, 0.29) is 17.3 Å². The second-order valence-corrected chi connectivity index (χ2v) is 11.9. The summed E-state index contributed by atoms with van der Waals surface area (Å²) in [5, 5.41) is 6.56. The molecule has 6 heteroatoms. The van der Waals surface area contributed by atoms with Crippen molar-refractivity contribution in [1.29, 1.82) is 0 Å². The van der Waals surface area contributed by atoms with E-state index in [1.807, 2.05) is 0 Å². The molecule has 1 atom stereocenters. The zero-order chi connectivity index (χ0) is 24.3. The Morgan fingerprint density at radius 2 is 1.74 bits per heavy atom. The van der Waals surface area contributed by atoms with Gasteiger partial charge < -0.3 is 15.4 Å². The van der Waals surface area contributed by atoms with E-state index in [2.05, 4.69) is 22.8 Å². The van der Waals surface area contributed by atoms with Crippen molar-refractivity contribution >= 4 is 17.7 Å². The quantitative estimate of drug-likeness (QED) is 0.336. The van der Waals surface area contributed by atoms with Gasteiger partial charge in [0.25, 0.3) is 0 Å². The fourth-order valence-corrected chi connectivity index (χ4v) is 7.78. The molecule has 0 spiro atoms. The van der Waals surface area contributed by atoms with E-state index >= 15 is 0 Å². The lowest BCUT2D eigenvalue weighted by Crippen LogP contribution is -2.56. The van der Waals surface area contributed by atoms with Crippen LogP contribution in [0.4, 0.5) is 5.82 Å². The number of esters is 1. The van der Waals surface area contributed by atoms with E-state index in [9.17, 15) is 9.59 Å². The van der Waals surface area contributed by atoms with Crippen LogP contribution in [0.3, 0.4) is 0 Å². The first-order chi connectivity index (χ1) is 17.0. The molecule has 1 aromatic heterocycles. The average Bonchev–Trinajstić information content (AvgIpc) is 2.86. The Balaban J connectivity index is 1.03. The first-order valence-corrected chi connectivity index (χ1v) is 14.2. The number of hydrogen-bond acceptors (Lipinski definition) is 5. The molecule has 4 bridgehead atoms. The van der Waals surface area contributed by atoms with Gasteiger partial charge in [0, 0.05) is 17.7 Å². The van der Waals surface area contributed by atoms with Crippen LogP contribution in [0.1, 0.15) is 94.7 Å². The number of hydrogen-bond donors (Lipinski definition) is 2. The number of amides is 1. The molecule has 35 heavy (non-hydrogen) atoms. The van der Waals surface area contributed by atoms with Crippen LogP contribution in [0.25, 0.3) is 0 Å². The van der Waals surface area contributed by atoms with Gasteiger partial charge in [-0.1, -0.05) is 31.7 Å². The third kappa shape index (κ3) is 5.67. The maximum absolute atomic E-state index is 13.4. The standard InChI is InChI=1S/C29H43N3O3/c1-35-27(33)25(32-28(34)29-17-20-14-21(18-29)16-22(15-20)19-29)10-6-4-2-3-5-9-24-12-11-23-8-7-13-30-26(23)31-24/h11-12,20-22,25H,2-10,13-19H2,1H3,(H,30,31)(H,32,34)/t20?,21?,22?,25-,29?/m0/s1. The Morgan fingerprint density at radius 1 is 1.06 bits per heavy atom. The molecule has 4 aliphatic carbocycles. The molecule has 1 aliphatic heterocycles. The first-order valence-electron chi connectivity index (χ1n) is 14.2. The average molecular weight is 482 g/mol. The third-order valence-electron chi connectivity index (χ3n) is 9.19. The van der Waals surface area contributed by atoms with Crippen LogP contribution >= 0.6 is 0 Å². The number of ether oxygens (including phenoxy) is 1. The Labute approximate surface area is 210 Å². The molecule has 0 saturated heterocycles. The zero-order valence-electron chi connectivity index (χ0n) is 21.4.